The molecule has 0 aromatic heterocycles. The van der Waals surface area contributed by atoms with E-state index in [0.29, 0.717) is 6.42 Å². The van der Waals surface area contributed by atoms with Crippen LogP contribution in [0.3, 0.4) is 0 Å². The van der Waals surface area contributed by atoms with Gasteiger partial charge in [-0.25, -0.2) is 0 Å². The van der Waals surface area contributed by atoms with Crippen molar-refractivity contribution in [3.8, 4) is 0 Å². The van der Waals surface area contributed by atoms with E-state index in [2.05, 4.69) is 0 Å². The van der Waals surface area contributed by atoms with Crippen molar-refractivity contribution in [3.63, 3.8) is 0 Å². The lowest BCUT2D eigenvalue weighted by Gasteiger charge is -2.03. The second-order valence-corrected chi connectivity index (χ2v) is 3.07. The Balaban J connectivity index is 0. The van der Waals surface area contributed by atoms with Gasteiger partial charge in [-0.2, -0.15) is 11.8 Å². The minimum Gasteiger partial charge on any atom is -0.480 e. The molecule has 0 aliphatic rings. The van der Waals surface area contributed by atoms with Gasteiger partial charge in [0, 0.05) is 0 Å². The van der Waals surface area contributed by atoms with Crippen LogP contribution in [-0.4, -0.2) is 34.6 Å². The predicted molar refractivity (Wildman–Crippen MR) is 46.8 cm³/mol. The van der Waals surface area contributed by atoms with Gasteiger partial charge in [-0.15, -0.1) is 0 Å². The molecule has 0 unspecified atom stereocenters. The number of nitrogens with two attached hydrogens (primary N) is 1. The Morgan fingerprint density at radius 1 is 1.73 bits per heavy atom. The van der Waals surface area contributed by atoms with Crippen molar-refractivity contribution in [2.45, 2.75) is 18.9 Å². The predicted octanol–water partition coefficient (Wildman–Crippen LogP) is -0.283. The van der Waals surface area contributed by atoms with Crippen LogP contribution in [0.1, 0.15) is 12.8 Å². The highest BCUT2D eigenvalue weighted by molar-refractivity contribution is 7.98. The summed E-state index contributed by atoms with van der Waals surface area (Å²) in [6.45, 7) is 0. The van der Waals surface area contributed by atoms with Crippen LogP contribution in [0.2, 0.25) is 0 Å². The summed E-state index contributed by atoms with van der Waals surface area (Å²) in [7, 11) is 0. The molecule has 0 bridgehead atoms. The minimum atomic E-state index is -0.902. The highest BCUT2D eigenvalue weighted by Gasteiger charge is 2.09. The first-order chi connectivity index (χ1) is 4.68. The molecule has 0 amide bonds. The van der Waals surface area contributed by atoms with Gasteiger partial charge < -0.3 is 16.3 Å². The molecule has 0 aromatic carbocycles. The number of rotatable bonds is 5. The lowest BCUT2D eigenvalue weighted by atomic mass is 10.2. The second kappa shape index (κ2) is 7.84. The quantitative estimate of drug-likeness (QED) is 0.570. The second-order valence-electron chi connectivity index (χ2n) is 2.08. The molecule has 0 spiro atoms. The Morgan fingerprint density at radius 3 is 2.64 bits per heavy atom. The molecular weight excluding hydrogens is 166 g/mol. The monoisotopic (exact) mass is 181 g/mol. The van der Waals surface area contributed by atoms with Gasteiger partial charge in [-0.1, -0.05) is 0 Å². The minimum absolute atomic E-state index is 0. The summed E-state index contributed by atoms with van der Waals surface area (Å²) in [6.07, 6.45) is 3.46. The average molecular weight is 181 g/mol. The lowest BCUT2D eigenvalue weighted by Crippen LogP contribution is -2.29. The van der Waals surface area contributed by atoms with Crippen molar-refractivity contribution in [1.29, 1.82) is 0 Å². The fraction of sp³-hybridized carbons (Fsp3) is 0.833. The first kappa shape index (κ1) is 13.3. The van der Waals surface area contributed by atoms with Gasteiger partial charge in [0.1, 0.15) is 6.04 Å². The number of carbonyl (C=O) groups is 1. The van der Waals surface area contributed by atoms with E-state index in [1.165, 1.54) is 0 Å². The molecular formula is C6H15NO3S. The standard InChI is InChI=1S/C6H13NO2S.H2O/c1-10-4-2-3-5(7)6(8)9;/h5H,2-4,7H2,1H3,(H,8,9);1H2/t5-;/m0./s1. The number of hydrogen-bond donors (Lipinski definition) is 2. The molecule has 0 saturated carbocycles. The summed E-state index contributed by atoms with van der Waals surface area (Å²) in [5, 5.41) is 8.35. The Kier molecular flexibility index (Phi) is 9.51. The van der Waals surface area contributed by atoms with Crippen molar-refractivity contribution < 1.29 is 15.4 Å². The van der Waals surface area contributed by atoms with E-state index in [4.69, 9.17) is 10.8 Å². The molecule has 0 rings (SSSR count). The molecule has 4 nitrogen and oxygen atoms in total. The van der Waals surface area contributed by atoms with Gasteiger partial charge in [0.25, 0.3) is 0 Å². The van der Waals surface area contributed by atoms with E-state index in [1.807, 2.05) is 6.26 Å². The number of hydrogen-bond acceptors (Lipinski definition) is 3. The molecule has 5 heteroatoms. The van der Waals surface area contributed by atoms with Gasteiger partial charge in [0.15, 0.2) is 0 Å². The molecule has 0 heterocycles. The Bertz CT molecular complexity index is 110. The summed E-state index contributed by atoms with van der Waals surface area (Å²) < 4.78 is 0. The van der Waals surface area contributed by atoms with Gasteiger partial charge >= 0.3 is 5.97 Å². The molecule has 0 radical (unpaired) electrons. The van der Waals surface area contributed by atoms with Crippen LogP contribution < -0.4 is 5.73 Å². The van der Waals surface area contributed by atoms with Gasteiger partial charge in [0.05, 0.1) is 0 Å². The number of carboxylic acid groups (broad SMARTS) is 1. The van der Waals surface area contributed by atoms with Crippen molar-refractivity contribution in [2.24, 2.45) is 5.73 Å². The third-order valence-electron chi connectivity index (χ3n) is 1.18. The SMILES string of the molecule is CSCCC[C@H](N)C(=O)O.O. The van der Waals surface area contributed by atoms with E-state index in [1.54, 1.807) is 11.8 Å². The average Bonchev–Trinajstić information content (AvgIpc) is 1.88. The largest absolute Gasteiger partial charge is 0.480 e. The van der Waals surface area contributed by atoms with E-state index in [9.17, 15) is 4.79 Å². The molecule has 1 atom stereocenters. The molecule has 0 fully saturated rings. The lowest BCUT2D eigenvalue weighted by molar-refractivity contribution is -0.138. The normalized spacial score (nSPS) is 11.8. The summed E-state index contributed by atoms with van der Waals surface area (Å²) >= 11 is 1.71. The molecule has 5 N–H and O–H groups in total. The molecule has 0 saturated heterocycles. The molecule has 11 heavy (non-hydrogen) atoms. The first-order valence-electron chi connectivity index (χ1n) is 3.15. The van der Waals surface area contributed by atoms with Crippen LogP contribution in [0.4, 0.5) is 0 Å². The number of thioether (sulfide) groups is 1. The van der Waals surface area contributed by atoms with E-state index < -0.39 is 12.0 Å². The van der Waals surface area contributed by atoms with Crippen LogP contribution in [0, 0.1) is 0 Å². The van der Waals surface area contributed by atoms with Crippen molar-refractivity contribution in [1.82, 2.24) is 0 Å². The van der Waals surface area contributed by atoms with E-state index in [-0.39, 0.29) is 5.48 Å². The third kappa shape index (κ3) is 7.64. The van der Waals surface area contributed by atoms with E-state index in [0.717, 1.165) is 12.2 Å². The first-order valence-corrected chi connectivity index (χ1v) is 4.55. The van der Waals surface area contributed by atoms with Crippen LogP contribution in [0.15, 0.2) is 0 Å². The highest BCUT2D eigenvalue weighted by atomic mass is 32.2. The summed E-state index contributed by atoms with van der Waals surface area (Å²) in [6, 6.07) is -0.674. The summed E-state index contributed by atoms with van der Waals surface area (Å²) in [5.41, 5.74) is 5.25. The van der Waals surface area contributed by atoms with Crippen molar-refractivity contribution in [3.05, 3.63) is 0 Å². The Hall–Kier alpha value is -0.260. The maximum atomic E-state index is 10.2. The molecule has 0 aliphatic carbocycles. The summed E-state index contributed by atoms with van der Waals surface area (Å²) in [4.78, 5) is 10.2. The molecule has 0 aromatic rings. The molecule has 0 aliphatic heterocycles. The zero-order valence-electron chi connectivity index (χ0n) is 6.54. The topological polar surface area (TPSA) is 94.8 Å². The Labute approximate surface area is 70.5 Å². The Morgan fingerprint density at radius 2 is 2.27 bits per heavy atom. The fourth-order valence-electron chi connectivity index (χ4n) is 0.571. The van der Waals surface area contributed by atoms with Gasteiger partial charge in [0.2, 0.25) is 0 Å². The van der Waals surface area contributed by atoms with Crippen LogP contribution in [-0.2, 0) is 4.79 Å². The number of aliphatic carboxylic acids is 1. The third-order valence-corrected chi connectivity index (χ3v) is 1.88. The van der Waals surface area contributed by atoms with Crippen molar-refractivity contribution >= 4 is 17.7 Å². The summed E-state index contributed by atoms with van der Waals surface area (Å²) in [5.74, 6) is 0.0853. The maximum absolute atomic E-state index is 10.2. The van der Waals surface area contributed by atoms with Crippen LogP contribution >= 0.6 is 11.8 Å². The van der Waals surface area contributed by atoms with Crippen molar-refractivity contribution in [2.75, 3.05) is 12.0 Å². The molecule has 68 valence electrons. The van der Waals surface area contributed by atoms with E-state index >= 15 is 0 Å². The maximum Gasteiger partial charge on any atom is 0.320 e. The zero-order valence-corrected chi connectivity index (χ0v) is 7.36. The zero-order chi connectivity index (χ0) is 7.98. The smallest absolute Gasteiger partial charge is 0.320 e. The number of carboxylic acids is 1. The van der Waals surface area contributed by atoms with Gasteiger partial charge in [-0.05, 0) is 24.9 Å². The highest BCUT2D eigenvalue weighted by Crippen LogP contribution is 2.01. The van der Waals surface area contributed by atoms with Crippen LogP contribution in [0.25, 0.3) is 0 Å². The fourth-order valence-corrected chi connectivity index (χ4v) is 1.03. The van der Waals surface area contributed by atoms with Crippen LogP contribution in [0.5, 0.6) is 0 Å². The van der Waals surface area contributed by atoms with Gasteiger partial charge in [-0.3, -0.25) is 4.79 Å².